The van der Waals surface area contributed by atoms with E-state index in [9.17, 15) is 4.79 Å². The molecule has 4 heteroatoms. The van der Waals surface area contributed by atoms with Crippen LogP contribution in [-0.4, -0.2) is 27.8 Å². The quantitative estimate of drug-likeness (QED) is 0.764. The molecule has 1 aliphatic carbocycles. The predicted molar refractivity (Wildman–Crippen MR) is 75.2 cm³/mol. The van der Waals surface area contributed by atoms with Crippen LogP contribution in [0, 0.1) is 0 Å². The van der Waals surface area contributed by atoms with Crippen molar-refractivity contribution >= 4 is 0 Å². The van der Waals surface area contributed by atoms with Gasteiger partial charge in [0, 0.05) is 6.07 Å². The summed E-state index contributed by atoms with van der Waals surface area (Å²) in [6.45, 7) is 2.88. The first-order valence-corrected chi connectivity index (χ1v) is 7.65. The summed E-state index contributed by atoms with van der Waals surface area (Å²) in [5, 5.41) is 4.63. The summed E-state index contributed by atoms with van der Waals surface area (Å²) in [6, 6.07) is 1.83. The van der Waals surface area contributed by atoms with Crippen LogP contribution < -0.4 is 5.56 Å². The molecular weight excluding hydrogens is 238 g/mol. The highest BCUT2D eigenvalue weighted by Crippen LogP contribution is 2.17. The van der Waals surface area contributed by atoms with Gasteiger partial charge in [-0.05, 0) is 57.2 Å². The maximum absolute atomic E-state index is 12.2. The number of fused-ring (bicyclic) bond motifs is 1. The van der Waals surface area contributed by atoms with Crippen molar-refractivity contribution in [2.24, 2.45) is 0 Å². The number of piperidine rings is 1. The van der Waals surface area contributed by atoms with Crippen molar-refractivity contribution in [1.82, 2.24) is 14.7 Å². The van der Waals surface area contributed by atoms with E-state index in [1.54, 1.807) is 4.68 Å². The molecule has 4 nitrogen and oxygen atoms in total. The van der Waals surface area contributed by atoms with Crippen LogP contribution >= 0.6 is 0 Å². The van der Waals surface area contributed by atoms with E-state index in [2.05, 4.69) is 10.00 Å². The summed E-state index contributed by atoms with van der Waals surface area (Å²) in [5.74, 6) is 0. The lowest BCUT2D eigenvalue weighted by Crippen LogP contribution is -2.37. The van der Waals surface area contributed by atoms with Crippen molar-refractivity contribution < 1.29 is 0 Å². The smallest absolute Gasteiger partial charge is 0.268 e. The van der Waals surface area contributed by atoms with Crippen molar-refractivity contribution in [1.29, 1.82) is 0 Å². The SMILES string of the molecule is O=c1cc2c(nn1CN1CCCCC1)CCCCC2. The standard InChI is InChI=1S/C15H23N3O/c19-15-11-13-7-3-1-4-8-14(13)16-18(15)12-17-9-5-2-6-10-17/h11H,1-10,12H2. The van der Waals surface area contributed by atoms with Gasteiger partial charge in [-0.1, -0.05) is 12.8 Å². The van der Waals surface area contributed by atoms with Crippen LogP contribution in [0.5, 0.6) is 0 Å². The highest BCUT2D eigenvalue weighted by Gasteiger charge is 2.15. The Morgan fingerprint density at radius 2 is 1.74 bits per heavy atom. The second-order valence-electron chi connectivity index (χ2n) is 5.83. The van der Waals surface area contributed by atoms with Gasteiger partial charge in [0.15, 0.2) is 0 Å². The number of nitrogens with zero attached hydrogens (tertiary/aromatic N) is 3. The second kappa shape index (κ2) is 5.87. The molecule has 0 radical (unpaired) electrons. The largest absolute Gasteiger partial charge is 0.284 e. The van der Waals surface area contributed by atoms with E-state index in [0.717, 1.165) is 31.6 Å². The zero-order chi connectivity index (χ0) is 13.1. The summed E-state index contributed by atoms with van der Waals surface area (Å²) in [6.07, 6.45) is 9.56. The maximum atomic E-state index is 12.2. The number of hydrogen-bond donors (Lipinski definition) is 0. The number of likely N-dealkylation sites (tertiary alicyclic amines) is 1. The Balaban J connectivity index is 1.81. The van der Waals surface area contributed by atoms with Gasteiger partial charge in [-0.15, -0.1) is 0 Å². The molecule has 1 aromatic rings. The first kappa shape index (κ1) is 12.9. The second-order valence-corrected chi connectivity index (χ2v) is 5.83. The van der Waals surface area contributed by atoms with Gasteiger partial charge >= 0.3 is 0 Å². The van der Waals surface area contributed by atoms with Crippen molar-refractivity contribution in [3.63, 3.8) is 0 Å². The van der Waals surface area contributed by atoms with Crippen LogP contribution in [0.1, 0.15) is 49.8 Å². The molecule has 2 heterocycles. The van der Waals surface area contributed by atoms with Gasteiger partial charge in [0.25, 0.3) is 5.56 Å². The van der Waals surface area contributed by atoms with E-state index >= 15 is 0 Å². The molecule has 0 unspecified atom stereocenters. The molecule has 3 rings (SSSR count). The normalized spacial score (nSPS) is 20.8. The van der Waals surface area contributed by atoms with Gasteiger partial charge in [-0.2, -0.15) is 5.10 Å². The van der Waals surface area contributed by atoms with Gasteiger partial charge in [0.1, 0.15) is 0 Å². The van der Waals surface area contributed by atoms with E-state index in [4.69, 9.17) is 0 Å². The molecule has 2 aliphatic rings. The third kappa shape index (κ3) is 3.06. The Morgan fingerprint density at radius 1 is 1.00 bits per heavy atom. The summed E-state index contributed by atoms with van der Waals surface area (Å²) < 4.78 is 1.68. The lowest BCUT2D eigenvalue weighted by Gasteiger charge is -2.26. The van der Waals surface area contributed by atoms with Gasteiger partial charge in [-0.25, -0.2) is 4.68 Å². The molecule has 19 heavy (non-hydrogen) atoms. The minimum atomic E-state index is 0.0752. The fraction of sp³-hybridized carbons (Fsp3) is 0.733. The zero-order valence-corrected chi connectivity index (χ0v) is 11.6. The highest BCUT2D eigenvalue weighted by molar-refractivity contribution is 5.19. The maximum Gasteiger partial charge on any atom is 0.268 e. The first-order valence-electron chi connectivity index (χ1n) is 7.65. The Hall–Kier alpha value is -1.16. The first-order chi connectivity index (χ1) is 9.33. The number of aryl methyl sites for hydroxylation is 2. The molecule has 1 aliphatic heterocycles. The minimum Gasteiger partial charge on any atom is -0.284 e. The number of hydrogen-bond acceptors (Lipinski definition) is 3. The predicted octanol–water partition coefficient (Wildman–Crippen LogP) is 1.96. The van der Waals surface area contributed by atoms with Gasteiger partial charge < -0.3 is 0 Å². The molecule has 0 atom stereocenters. The lowest BCUT2D eigenvalue weighted by molar-refractivity contribution is 0.169. The van der Waals surface area contributed by atoms with E-state index < -0.39 is 0 Å². The molecule has 0 amide bonds. The Bertz CT molecular complexity index is 489. The fourth-order valence-corrected chi connectivity index (χ4v) is 3.17. The van der Waals surface area contributed by atoms with Crippen molar-refractivity contribution in [3.05, 3.63) is 27.7 Å². The Morgan fingerprint density at radius 3 is 2.58 bits per heavy atom. The molecular formula is C15H23N3O. The third-order valence-corrected chi connectivity index (χ3v) is 4.31. The Kier molecular flexibility index (Phi) is 3.97. The van der Waals surface area contributed by atoms with E-state index in [0.29, 0.717) is 6.67 Å². The average molecular weight is 261 g/mol. The number of rotatable bonds is 2. The summed E-state index contributed by atoms with van der Waals surface area (Å²) in [4.78, 5) is 14.5. The van der Waals surface area contributed by atoms with Crippen molar-refractivity contribution in [2.75, 3.05) is 13.1 Å². The minimum absolute atomic E-state index is 0.0752. The van der Waals surface area contributed by atoms with Gasteiger partial charge in [-0.3, -0.25) is 9.69 Å². The van der Waals surface area contributed by atoms with E-state index in [-0.39, 0.29) is 5.56 Å². The monoisotopic (exact) mass is 261 g/mol. The van der Waals surface area contributed by atoms with Crippen LogP contribution in [0.25, 0.3) is 0 Å². The fourth-order valence-electron chi connectivity index (χ4n) is 3.17. The summed E-state index contributed by atoms with van der Waals surface area (Å²) >= 11 is 0. The highest BCUT2D eigenvalue weighted by atomic mass is 16.1. The van der Waals surface area contributed by atoms with Crippen LogP contribution in [0.2, 0.25) is 0 Å². The lowest BCUT2D eigenvalue weighted by atomic mass is 10.1. The van der Waals surface area contributed by atoms with E-state index in [1.807, 2.05) is 6.07 Å². The van der Waals surface area contributed by atoms with Crippen LogP contribution in [0.15, 0.2) is 10.9 Å². The molecule has 104 valence electrons. The molecule has 0 saturated carbocycles. The van der Waals surface area contributed by atoms with Crippen LogP contribution in [-0.2, 0) is 19.5 Å². The molecule has 0 N–H and O–H groups in total. The topological polar surface area (TPSA) is 38.1 Å². The van der Waals surface area contributed by atoms with Crippen LogP contribution in [0.4, 0.5) is 0 Å². The molecule has 1 fully saturated rings. The van der Waals surface area contributed by atoms with Crippen molar-refractivity contribution in [3.8, 4) is 0 Å². The van der Waals surface area contributed by atoms with Gasteiger partial charge in [0.2, 0.25) is 0 Å². The molecule has 1 aromatic heterocycles. The molecule has 0 aromatic carbocycles. The molecule has 1 saturated heterocycles. The van der Waals surface area contributed by atoms with Gasteiger partial charge in [0.05, 0.1) is 12.4 Å². The molecule has 0 spiro atoms. The average Bonchev–Trinajstić information content (AvgIpc) is 2.65. The summed E-state index contributed by atoms with van der Waals surface area (Å²) in [5.41, 5.74) is 2.43. The summed E-state index contributed by atoms with van der Waals surface area (Å²) in [7, 11) is 0. The van der Waals surface area contributed by atoms with Crippen LogP contribution in [0.3, 0.4) is 0 Å². The number of aromatic nitrogens is 2. The zero-order valence-electron chi connectivity index (χ0n) is 11.6. The third-order valence-electron chi connectivity index (χ3n) is 4.31. The Labute approximate surface area is 114 Å². The van der Waals surface area contributed by atoms with E-state index in [1.165, 1.54) is 44.1 Å². The molecule has 0 bridgehead atoms. The van der Waals surface area contributed by atoms with Crippen molar-refractivity contribution in [2.45, 2.75) is 58.0 Å².